The van der Waals surface area contributed by atoms with Crippen LogP contribution in [0.3, 0.4) is 0 Å². The number of carbonyl (C=O) groups excluding carboxylic acids is 1. The SMILES string of the molecule is O=C(c1ccccc1)N1CCN=C1N1CCN(c2cccc(Cl)c2)CC1. The van der Waals surface area contributed by atoms with Crippen molar-refractivity contribution in [2.75, 3.05) is 44.2 Å². The van der Waals surface area contributed by atoms with E-state index in [1.807, 2.05) is 53.4 Å². The largest absolute Gasteiger partial charge is 0.368 e. The minimum Gasteiger partial charge on any atom is -0.368 e. The van der Waals surface area contributed by atoms with Crippen molar-refractivity contribution in [3.8, 4) is 0 Å². The van der Waals surface area contributed by atoms with Crippen molar-refractivity contribution in [2.24, 2.45) is 4.99 Å². The Bertz CT molecular complexity index is 816. The molecule has 0 unspecified atom stereocenters. The van der Waals surface area contributed by atoms with Gasteiger partial charge in [0.25, 0.3) is 5.91 Å². The molecule has 0 radical (unpaired) electrons. The number of hydrogen-bond acceptors (Lipinski definition) is 4. The molecule has 4 rings (SSSR count). The highest BCUT2D eigenvalue weighted by molar-refractivity contribution is 6.30. The lowest BCUT2D eigenvalue weighted by Gasteiger charge is -2.38. The first-order valence-electron chi connectivity index (χ1n) is 8.89. The first-order chi connectivity index (χ1) is 12.7. The van der Waals surface area contributed by atoms with Crippen LogP contribution in [0.1, 0.15) is 10.4 Å². The summed E-state index contributed by atoms with van der Waals surface area (Å²) in [6, 6.07) is 17.4. The maximum atomic E-state index is 12.8. The average Bonchev–Trinajstić information content (AvgIpc) is 3.18. The van der Waals surface area contributed by atoms with Crippen LogP contribution in [0.15, 0.2) is 59.6 Å². The van der Waals surface area contributed by atoms with Gasteiger partial charge in [-0.25, -0.2) is 0 Å². The second-order valence-electron chi connectivity index (χ2n) is 6.46. The Morgan fingerprint density at radius 2 is 1.62 bits per heavy atom. The standard InChI is InChI=1S/C20H21ClN4O/c21-17-7-4-8-18(15-17)23-11-13-24(14-12-23)20-22-9-10-25(20)19(26)16-5-2-1-3-6-16/h1-8,15H,9-14H2. The summed E-state index contributed by atoms with van der Waals surface area (Å²) in [6.07, 6.45) is 0. The van der Waals surface area contributed by atoms with Crippen molar-refractivity contribution in [1.29, 1.82) is 0 Å². The summed E-state index contributed by atoms with van der Waals surface area (Å²) in [4.78, 5) is 23.8. The molecule has 2 aliphatic heterocycles. The van der Waals surface area contributed by atoms with Crippen molar-refractivity contribution in [2.45, 2.75) is 0 Å². The molecule has 0 spiro atoms. The fraction of sp³-hybridized carbons (Fsp3) is 0.300. The number of guanidine groups is 1. The van der Waals surface area contributed by atoms with Crippen LogP contribution in [-0.4, -0.2) is 60.9 Å². The highest BCUT2D eigenvalue weighted by atomic mass is 35.5. The minimum atomic E-state index is 0.0270. The van der Waals surface area contributed by atoms with E-state index in [1.165, 1.54) is 0 Å². The topological polar surface area (TPSA) is 39.2 Å². The summed E-state index contributed by atoms with van der Waals surface area (Å²) >= 11 is 6.11. The number of rotatable bonds is 2. The van der Waals surface area contributed by atoms with E-state index in [4.69, 9.17) is 11.6 Å². The van der Waals surface area contributed by atoms with Crippen LogP contribution in [-0.2, 0) is 0 Å². The Labute approximate surface area is 158 Å². The first kappa shape index (κ1) is 16.9. The predicted octanol–water partition coefficient (Wildman–Crippen LogP) is 2.97. The molecule has 134 valence electrons. The Morgan fingerprint density at radius 1 is 0.885 bits per heavy atom. The van der Waals surface area contributed by atoms with Gasteiger partial charge in [0.15, 0.2) is 0 Å². The maximum Gasteiger partial charge on any atom is 0.260 e. The molecule has 0 aliphatic carbocycles. The molecule has 26 heavy (non-hydrogen) atoms. The van der Waals surface area contributed by atoms with E-state index >= 15 is 0 Å². The van der Waals surface area contributed by atoms with Crippen molar-refractivity contribution < 1.29 is 4.79 Å². The highest BCUT2D eigenvalue weighted by Gasteiger charge is 2.30. The molecule has 0 saturated carbocycles. The zero-order valence-electron chi connectivity index (χ0n) is 14.5. The van der Waals surface area contributed by atoms with Gasteiger partial charge < -0.3 is 9.80 Å². The van der Waals surface area contributed by atoms with Gasteiger partial charge in [0.1, 0.15) is 0 Å². The number of anilines is 1. The molecule has 2 aromatic rings. The molecule has 2 aromatic carbocycles. The second-order valence-corrected chi connectivity index (χ2v) is 6.89. The molecule has 1 fully saturated rings. The molecule has 0 aromatic heterocycles. The van der Waals surface area contributed by atoms with Crippen LogP contribution in [0, 0.1) is 0 Å². The zero-order valence-corrected chi connectivity index (χ0v) is 15.3. The molecule has 0 bridgehead atoms. The van der Waals surface area contributed by atoms with Gasteiger partial charge in [-0.3, -0.25) is 14.7 Å². The zero-order chi connectivity index (χ0) is 17.9. The number of aliphatic imine (C=N–C) groups is 1. The Morgan fingerprint density at radius 3 is 2.35 bits per heavy atom. The molecule has 6 heteroatoms. The summed E-state index contributed by atoms with van der Waals surface area (Å²) in [5.74, 6) is 0.837. The lowest BCUT2D eigenvalue weighted by atomic mass is 10.2. The van der Waals surface area contributed by atoms with E-state index < -0.39 is 0 Å². The van der Waals surface area contributed by atoms with E-state index in [9.17, 15) is 4.79 Å². The maximum absolute atomic E-state index is 12.8. The fourth-order valence-corrected chi connectivity index (χ4v) is 3.66. The molecular weight excluding hydrogens is 348 g/mol. The lowest BCUT2D eigenvalue weighted by molar-refractivity contribution is 0.0843. The summed E-state index contributed by atoms with van der Waals surface area (Å²) < 4.78 is 0. The van der Waals surface area contributed by atoms with E-state index in [0.717, 1.165) is 42.8 Å². The highest BCUT2D eigenvalue weighted by Crippen LogP contribution is 2.22. The molecule has 0 atom stereocenters. The molecular formula is C20H21ClN4O. The van der Waals surface area contributed by atoms with Crippen LogP contribution < -0.4 is 4.90 Å². The van der Waals surface area contributed by atoms with Gasteiger partial charge in [-0.2, -0.15) is 0 Å². The third kappa shape index (κ3) is 3.40. The van der Waals surface area contributed by atoms with Gasteiger partial charge in [0.2, 0.25) is 5.96 Å². The van der Waals surface area contributed by atoms with Crippen molar-refractivity contribution in [1.82, 2.24) is 9.80 Å². The van der Waals surface area contributed by atoms with Crippen LogP contribution >= 0.6 is 11.6 Å². The predicted molar refractivity (Wildman–Crippen MR) is 105 cm³/mol. The molecule has 2 heterocycles. The summed E-state index contributed by atoms with van der Waals surface area (Å²) in [5.41, 5.74) is 1.85. The van der Waals surface area contributed by atoms with E-state index in [1.54, 1.807) is 0 Å². The third-order valence-corrected chi connectivity index (χ3v) is 5.06. The molecule has 2 aliphatic rings. The van der Waals surface area contributed by atoms with Crippen molar-refractivity contribution >= 4 is 29.2 Å². The normalized spacial score (nSPS) is 17.4. The van der Waals surface area contributed by atoms with Crippen LogP contribution in [0.2, 0.25) is 5.02 Å². The van der Waals surface area contributed by atoms with Crippen LogP contribution in [0.5, 0.6) is 0 Å². The number of hydrogen-bond donors (Lipinski definition) is 0. The van der Waals surface area contributed by atoms with Gasteiger partial charge in [-0.15, -0.1) is 0 Å². The summed E-state index contributed by atoms with van der Waals surface area (Å²) in [5, 5.41) is 0.754. The fourth-order valence-electron chi connectivity index (χ4n) is 3.47. The van der Waals surface area contributed by atoms with Gasteiger partial charge in [0, 0.05) is 49.0 Å². The smallest absolute Gasteiger partial charge is 0.260 e. The Hall–Kier alpha value is -2.53. The number of nitrogens with zero attached hydrogens (tertiary/aromatic N) is 4. The molecule has 0 N–H and O–H groups in total. The van der Waals surface area contributed by atoms with Gasteiger partial charge in [-0.05, 0) is 30.3 Å². The average molecular weight is 369 g/mol. The van der Waals surface area contributed by atoms with Crippen molar-refractivity contribution in [3.05, 3.63) is 65.2 Å². The molecule has 1 amide bonds. The number of piperazine rings is 1. The lowest BCUT2D eigenvalue weighted by Crippen LogP contribution is -2.53. The molecule has 5 nitrogen and oxygen atoms in total. The minimum absolute atomic E-state index is 0.0270. The number of amides is 1. The van der Waals surface area contributed by atoms with Crippen molar-refractivity contribution in [3.63, 3.8) is 0 Å². The molecule has 1 saturated heterocycles. The quantitative estimate of drug-likeness (QED) is 0.818. The third-order valence-electron chi connectivity index (χ3n) is 4.82. The Balaban J connectivity index is 1.43. The Kier molecular flexibility index (Phi) is 4.80. The number of carbonyl (C=O) groups is 1. The van der Waals surface area contributed by atoms with Crippen LogP contribution in [0.25, 0.3) is 0 Å². The van der Waals surface area contributed by atoms with E-state index in [-0.39, 0.29) is 5.91 Å². The van der Waals surface area contributed by atoms with Crippen LogP contribution in [0.4, 0.5) is 5.69 Å². The summed E-state index contributed by atoms with van der Waals surface area (Å²) in [7, 11) is 0. The van der Waals surface area contributed by atoms with E-state index in [0.29, 0.717) is 18.7 Å². The van der Waals surface area contributed by atoms with Gasteiger partial charge in [-0.1, -0.05) is 35.9 Å². The monoisotopic (exact) mass is 368 g/mol. The van der Waals surface area contributed by atoms with Gasteiger partial charge in [0.05, 0.1) is 6.54 Å². The van der Waals surface area contributed by atoms with Gasteiger partial charge >= 0.3 is 0 Å². The van der Waals surface area contributed by atoms with E-state index in [2.05, 4.69) is 20.9 Å². The number of benzene rings is 2. The second kappa shape index (κ2) is 7.38. The first-order valence-corrected chi connectivity index (χ1v) is 9.27. The summed E-state index contributed by atoms with van der Waals surface area (Å²) in [6.45, 7) is 4.76. The number of halogens is 1.